The van der Waals surface area contributed by atoms with Gasteiger partial charge < -0.3 is 15.2 Å². The van der Waals surface area contributed by atoms with E-state index < -0.39 is 0 Å². The summed E-state index contributed by atoms with van der Waals surface area (Å²) in [5.41, 5.74) is 2.79. The molecule has 7 nitrogen and oxygen atoms in total. The Balaban J connectivity index is 1.68. The second-order valence-corrected chi connectivity index (χ2v) is 8.66. The van der Waals surface area contributed by atoms with Gasteiger partial charge in [-0.15, -0.1) is 0 Å². The molecule has 1 heterocycles. The Morgan fingerprint density at radius 3 is 2.06 bits per heavy atom. The smallest absolute Gasteiger partial charge is 0.227 e. The number of phenols is 1. The van der Waals surface area contributed by atoms with Gasteiger partial charge in [-0.25, -0.2) is 15.0 Å². The van der Waals surface area contributed by atoms with E-state index in [0.29, 0.717) is 23.0 Å². The molecule has 0 aliphatic rings. The van der Waals surface area contributed by atoms with Crippen molar-refractivity contribution in [2.24, 2.45) is 5.92 Å². The van der Waals surface area contributed by atoms with Crippen LogP contribution < -0.4 is 10.1 Å². The van der Waals surface area contributed by atoms with Crippen molar-refractivity contribution in [3.63, 3.8) is 0 Å². The van der Waals surface area contributed by atoms with Gasteiger partial charge >= 0.3 is 0 Å². The molecule has 36 heavy (non-hydrogen) atoms. The Bertz CT molecular complexity index is 1320. The number of benzene rings is 3. The van der Waals surface area contributed by atoms with Crippen LogP contribution in [0.15, 0.2) is 72.8 Å². The van der Waals surface area contributed by atoms with Crippen LogP contribution in [0.1, 0.15) is 33.1 Å². The van der Waals surface area contributed by atoms with Crippen molar-refractivity contribution in [3.8, 4) is 45.7 Å². The third kappa shape index (κ3) is 5.86. The van der Waals surface area contributed by atoms with Gasteiger partial charge in [0.2, 0.25) is 5.91 Å². The Hall–Kier alpha value is -4.26. The summed E-state index contributed by atoms with van der Waals surface area (Å²) in [6.07, 6.45) is 2.97. The highest BCUT2D eigenvalue weighted by molar-refractivity contribution is 5.92. The molecule has 4 rings (SSSR count). The number of aromatic nitrogens is 3. The van der Waals surface area contributed by atoms with Gasteiger partial charge in [0.15, 0.2) is 17.5 Å². The first-order valence-electron chi connectivity index (χ1n) is 12.1. The number of rotatable bonds is 9. The van der Waals surface area contributed by atoms with Crippen molar-refractivity contribution in [2.75, 3.05) is 12.4 Å². The molecule has 0 aliphatic heterocycles. The molecule has 0 aliphatic carbocycles. The van der Waals surface area contributed by atoms with E-state index in [9.17, 15) is 9.90 Å². The van der Waals surface area contributed by atoms with Crippen LogP contribution in [0.4, 0.5) is 5.69 Å². The highest BCUT2D eigenvalue weighted by Gasteiger charge is 2.16. The molecule has 4 aromatic rings. The van der Waals surface area contributed by atoms with Crippen LogP contribution in [0, 0.1) is 5.92 Å². The number of nitrogens with zero attached hydrogens (tertiary/aromatic N) is 3. The van der Waals surface area contributed by atoms with Crippen LogP contribution in [0.5, 0.6) is 11.5 Å². The molecule has 3 aromatic carbocycles. The van der Waals surface area contributed by atoms with E-state index in [1.54, 1.807) is 25.3 Å². The average Bonchev–Trinajstić information content (AvgIpc) is 2.92. The molecule has 1 aromatic heterocycles. The third-order valence-electron chi connectivity index (χ3n) is 5.98. The fourth-order valence-electron chi connectivity index (χ4n) is 3.77. The molecule has 184 valence electrons. The highest BCUT2D eigenvalue weighted by Crippen LogP contribution is 2.30. The minimum atomic E-state index is -0.0404. The van der Waals surface area contributed by atoms with Crippen LogP contribution in [0.25, 0.3) is 34.2 Å². The van der Waals surface area contributed by atoms with E-state index >= 15 is 0 Å². The van der Waals surface area contributed by atoms with Crippen molar-refractivity contribution in [3.05, 3.63) is 72.8 Å². The molecule has 7 heteroatoms. The summed E-state index contributed by atoms with van der Waals surface area (Å²) in [5, 5.41) is 13.4. The van der Waals surface area contributed by atoms with Gasteiger partial charge in [0.1, 0.15) is 11.5 Å². The largest absolute Gasteiger partial charge is 0.507 e. The van der Waals surface area contributed by atoms with Crippen molar-refractivity contribution < 1.29 is 14.6 Å². The molecule has 0 bridgehead atoms. The van der Waals surface area contributed by atoms with Crippen LogP contribution in [-0.2, 0) is 4.79 Å². The van der Waals surface area contributed by atoms with Gasteiger partial charge in [0, 0.05) is 22.7 Å². The van der Waals surface area contributed by atoms with Gasteiger partial charge in [-0.1, -0.05) is 38.8 Å². The van der Waals surface area contributed by atoms with Crippen molar-refractivity contribution >= 4 is 11.6 Å². The third-order valence-corrected chi connectivity index (χ3v) is 5.98. The fraction of sp³-hybridized carbons (Fsp3) is 0.241. The number of methoxy groups -OCH3 is 1. The lowest BCUT2D eigenvalue weighted by molar-refractivity contribution is -0.119. The topological polar surface area (TPSA) is 97.2 Å². The Morgan fingerprint density at radius 1 is 0.889 bits per heavy atom. The second kappa shape index (κ2) is 11.4. The molecule has 1 atom stereocenters. The Kier molecular flexibility index (Phi) is 7.90. The summed E-state index contributed by atoms with van der Waals surface area (Å²) in [4.78, 5) is 26.5. The summed E-state index contributed by atoms with van der Waals surface area (Å²) >= 11 is 0. The van der Waals surface area contributed by atoms with Crippen LogP contribution >= 0.6 is 0 Å². The first-order valence-corrected chi connectivity index (χ1v) is 12.1. The van der Waals surface area contributed by atoms with Crippen LogP contribution in [-0.4, -0.2) is 33.1 Å². The molecule has 2 N–H and O–H groups in total. The van der Waals surface area contributed by atoms with Gasteiger partial charge in [-0.05, 0) is 67.1 Å². The Labute approximate surface area is 211 Å². The number of amides is 1. The van der Waals surface area contributed by atoms with Crippen molar-refractivity contribution in [1.82, 2.24) is 15.0 Å². The zero-order valence-electron chi connectivity index (χ0n) is 20.7. The van der Waals surface area contributed by atoms with Crippen LogP contribution in [0.3, 0.4) is 0 Å². The SMILES string of the molecule is CCCCC(C)C(=O)Nc1ccc(-c2nc(-c3ccc(OC)cc3)nc(-c3ccccc3O)n2)cc1. The predicted molar refractivity (Wildman–Crippen MR) is 142 cm³/mol. The average molecular weight is 483 g/mol. The number of carbonyl (C=O) groups is 1. The first kappa shape index (κ1) is 24.9. The number of aromatic hydroxyl groups is 1. The van der Waals surface area contributed by atoms with E-state index in [4.69, 9.17) is 9.72 Å². The number of anilines is 1. The molecular formula is C29H30N4O3. The lowest BCUT2D eigenvalue weighted by atomic mass is 10.0. The molecule has 0 spiro atoms. The minimum absolute atomic E-state index is 0.0139. The lowest BCUT2D eigenvalue weighted by Gasteiger charge is -2.12. The summed E-state index contributed by atoms with van der Waals surface area (Å²) in [5.74, 6) is 2.10. The van der Waals surface area contributed by atoms with E-state index in [1.807, 2.05) is 61.5 Å². The van der Waals surface area contributed by atoms with Crippen molar-refractivity contribution in [2.45, 2.75) is 33.1 Å². The van der Waals surface area contributed by atoms with Crippen LogP contribution in [0.2, 0.25) is 0 Å². The lowest BCUT2D eigenvalue weighted by Crippen LogP contribution is -2.20. The van der Waals surface area contributed by atoms with E-state index in [-0.39, 0.29) is 17.6 Å². The maximum Gasteiger partial charge on any atom is 0.227 e. The molecular weight excluding hydrogens is 452 g/mol. The van der Waals surface area contributed by atoms with E-state index in [0.717, 1.165) is 41.8 Å². The number of para-hydroxylation sites is 1. The van der Waals surface area contributed by atoms with Gasteiger partial charge in [-0.2, -0.15) is 0 Å². The maximum atomic E-state index is 12.5. The summed E-state index contributed by atoms with van der Waals surface area (Å²) < 4.78 is 5.26. The molecule has 1 amide bonds. The number of hydrogen-bond acceptors (Lipinski definition) is 6. The molecule has 0 saturated carbocycles. The summed E-state index contributed by atoms with van der Waals surface area (Å²) in [6.45, 7) is 4.07. The molecule has 0 fully saturated rings. The monoisotopic (exact) mass is 482 g/mol. The molecule has 0 radical (unpaired) electrons. The number of phenolic OH excluding ortho intramolecular Hbond substituents is 1. The predicted octanol–water partition coefficient (Wildman–Crippen LogP) is 6.35. The minimum Gasteiger partial charge on any atom is -0.507 e. The van der Waals surface area contributed by atoms with Gasteiger partial charge in [0.25, 0.3) is 0 Å². The summed E-state index contributed by atoms with van der Waals surface area (Å²) in [7, 11) is 1.62. The number of nitrogens with one attached hydrogen (secondary N) is 1. The normalized spacial score (nSPS) is 11.6. The zero-order valence-corrected chi connectivity index (χ0v) is 20.7. The fourth-order valence-corrected chi connectivity index (χ4v) is 3.77. The van der Waals surface area contributed by atoms with Crippen molar-refractivity contribution in [1.29, 1.82) is 0 Å². The standard InChI is InChI=1S/C29H30N4O3/c1-4-5-8-19(2)29(35)30-22-15-11-20(12-16-22)26-31-27(21-13-17-23(36-3)18-14-21)33-28(32-26)24-9-6-7-10-25(24)34/h6-7,9-19,34H,4-5,8H2,1-3H3,(H,30,35). The highest BCUT2D eigenvalue weighted by atomic mass is 16.5. The van der Waals surface area contributed by atoms with E-state index in [1.165, 1.54) is 0 Å². The zero-order chi connectivity index (χ0) is 25.5. The van der Waals surface area contributed by atoms with Gasteiger partial charge in [-0.3, -0.25) is 4.79 Å². The van der Waals surface area contributed by atoms with E-state index in [2.05, 4.69) is 22.2 Å². The molecule has 1 unspecified atom stereocenters. The number of hydrogen-bond donors (Lipinski definition) is 2. The first-order chi connectivity index (χ1) is 17.5. The quantitative estimate of drug-likeness (QED) is 0.288. The van der Waals surface area contributed by atoms with Gasteiger partial charge in [0.05, 0.1) is 12.7 Å². The molecule has 0 saturated heterocycles. The Morgan fingerprint density at radius 2 is 1.47 bits per heavy atom. The number of unbranched alkanes of at least 4 members (excludes halogenated alkanes) is 1. The summed E-state index contributed by atoms with van der Waals surface area (Å²) in [6, 6.07) is 21.8. The maximum absolute atomic E-state index is 12.5. The second-order valence-electron chi connectivity index (χ2n) is 8.66. The number of carbonyl (C=O) groups excluding carboxylic acids is 1. The number of ether oxygens (including phenoxy) is 1.